The highest BCUT2D eigenvalue weighted by Crippen LogP contribution is 2.48. The minimum atomic E-state index is 0.319. The zero-order valence-electron chi connectivity index (χ0n) is 34.3. The molecule has 2 heteroatoms. The number of nitrogens with zero attached hydrogens (tertiary/aromatic N) is 1. The van der Waals surface area contributed by atoms with Gasteiger partial charge in [0, 0.05) is 19.2 Å². The summed E-state index contributed by atoms with van der Waals surface area (Å²) in [6.45, 7) is 36.7. The molecule has 3 rings (SSSR count). The first-order chi connectivity index (χ1) is 22.5. The maximum atomic E-state index is 7.88. The quantitative estimate of drug-likeness (QED) is 0.191. The van der Waals surface area contributed by atoms with Crippen molar-refractivity contribution in [2.75, 3.05) is 13.7 Å². The van der Waals surface area contributed by atoms with Crippen molar-refractivity contribution in [1.29, 1.82) is 0 Å². The molecular formula is C45H79NO. The van der Waals surface area contributed by atoms with Crippen LogP contribution in [0.1, 0.15) is 181 Å². The van der Waals surface area contributed by atoms with Crippen LogP contribution in [0, 0.1) is 19.8 Å². The average Bonchev–Trinajstić information content (AvgIpc) is 3.93. The Labute approximate surface area is 295 Å². The summed E-state index contributed by atoms with van der Waals surface area (Å²) in [5, 5.41) is 7.88. The first-order valence-corrected chi connectivity index (χ1v) is 19.2. The normalized spacial score (nSPS) is 12.3. The first-order valence-electron chi connectivity index (χ1n) is 19.2. The highest BCUT2D eigenvalue weighted by Gasteiger charge is 2.32. The summed E-state index contributed by atoms with van der Waals surface area (Å²) in [6.07, 6.45) is 11.2. The van der Waals surface area contributed by atoms with E-state index in [0.29, 0.717) is 18.4 Å². The molecular weight excluding hydrogens is 571 g/mol. The van der Waals surface area contributed by atoms with Crippen molar-refractivity contribution in [3.63, 3.8) is 0 Å². The van der Waals surface area contributed by atoms with Gasteiger partial charge in [-0.05, 0) is 103 Å². The topological polar surface area (TPSA) is 32.6 Å². The maximum absolute atomic E-state index is 7.88. The monoisotopic (exact) mass is 650 g/mol. The maximum Gasteiger partial charge on any atom is 0.0675 e. The van der Waals surface area contributed by atoms with E-state index >= 15 is 0 Å². The van der Waals surface area contributed by atoms with Crippen LogP contribution in [-0.4, -0.2) is 24.5 Å². The van der Waals surface area contributed by atoms with Crippen molar-refractivity contribution < 1.29 is 5.11 Å². The number of hydrogen-bond donors (Lipinski definition) is 1. The van der Waals surface area contributed by atoms with Gasteiger partial charge in [-0.2, -0.15) is 0 Å². The number of aliphatic hydroxyl groups is 1. The Hall–Kier alpha value is -2.45. The molecule has 2 aromatic rings. The zero-order chi connectivity index (χ0) is 36.9. The van der Waals surface area contributed by atoms with Gasteiger partial charge in [-0.3, -0.25) is 4.99 Å². The van der Waals surface area contributed by atoms with Crippen LogP contribution in [0.25, 0.3) is 11.1 Å². The number of unbranched alkanes of at least 4 members (excludes halogenated alkanes) is 3. The SMILES string of the molecule is C=C(C)C(=NC)/C(=C(/c1cc(C(C)C)c(C)cc1C)C1CC1)c1ccc(CC)cc1.CC.CC.CCCC.CCCCC.CCCO. The molecule has 1 saturated carbocycles. The molecule has 0 radical (unpaired) electrons. The molecule has 2 nitrogen and oxygen atoms in total. The predicted molar refractivity (Wildman–Crippen MR) is 219 cm³/mol. The van der Waals surface area contributed by atoms with Crippen LogP contribution in [-0.2, 0) is 6.42 Å². The van der Waals surface area contributed by atoms with Crippen molar-refractivity contribution in [3.8, 4) is 0 Å². The molecule has 0 amide bonds. The van der Waals surface area contributed by atoms with Crippen molar-refractivity contribution in [2.24, 2.45) is 10.9 Å². The van der Waals surface area contributed by atoms with E-state index in [4.69, 9.17) is 10.1 Å². The van der Waals surface area contributed by atoms with Crippen LogP contribution in [0.2, 0.25) is 0 Å². The van der Waals surface area contributed by atoms with E-state index < -0.39 is 0 Å². The lowest BCUT2D eigenvalue weighted by Gasteiger charge is -2.22. The number of hydrogen-bond acceptors (Lipinski definition) is 2. The smallest absolute Gasteiger partial charge is 0.0675 e. The lowest BCUT2D eigenvalue weighted by Crippen LogP contribution is -2.09. The average molecular weight is 650 g/mol. The summed E-state index contributed by atoms with van der Waals surface area (Å²) in [4.78, 5) is 4.73. The van der Waals surface area contributed by atoms with Gasteiger partial charge in [-0.1, -0.05) is 158 Å². The summed E-state index contributed by atoms with van der Waals surface area (Å²) in [5.41, 5.74) is 13.0. The van der Waals surface area contributed by atoms with Crippen molar-refractivity contribution in [2.45, 2.75) is 168 Å². The summed E-state index contributed by atoms with van der Waals surface area (Å²) >= 11 is 0. The number of benzene rings is 2. The number of aryl methyl sites for hydroxylation is 3. The number of rotatable bonds is 11. The molecule has 1 aliphatic carbocycles. The van der Waals surface area contributed by atoms with E-state index in [1.807, 2.05) is 41.7 Å². The fourth-order valence-electron chi connectivity index (χ4n) is 4.91. The van der Waals surface area contributed by atoms with Crippen molar-refractivity contribution in [1.82, 2.24) is 0 Å². The Balaban J connectivity index is -0.000000951. The third-order valence-corrected chi connectivity index (χ3v) is 7.73. The second-order valence-electron chi connectivity index (χ2n) is 12.2. The van der Waals surface area contributed by atoms with Crippen LogP contribution < -0.4 is 0 Å². The van der Waals surface area contributed by atoms with Crippen molar-refractivity contribution in [3.05, 3.63) is 81.9 Å². The highest BCUT2D eigenvalue weighted by atomic mass is 16.2. The fraction of sp³-hybridized carbons (Fsp3) is 0.622. The standard InChI is InChI=1S/C29H37N.C5H12.C4H10.C3H8O.2C2H6/c1-9-22-10-12-24(13-11-22)28(29(30-8)19(4)5)27(23-14-15-23)26-17-25(18(2)3)20(6)16-21(26)7;1-3-5-4-2;1-3-4-2;1-2-3-4;2*1-2/h10-13,16-18,23H,4,9,14-15H2,1-3,5-8H3;3-5H2,1-2H3;3-4H2,1-2H3;4H,2-3H2,1H3;2*1-2H3/b28-27+,30-29?;;;;;. The molecule has 0 saturated heterocycles. The van der Waals surface area contributed by atoms with Gasteiger partial charge >= 0.3 is 0 Å². The molecule has 0 aliphatic heterocycles. The van der Waals surface area contributed by atoms with E-state index in [1.165, 1.54) is 89.5 Å². The number of allylic oxidation sites excluding steroid dienone is 3. The zero-order valence-corrected chi connectivity index (χ0v) is 34.3. The Morgan fingerprint density at radius 1 is 0.809 bits per heavy atom. The van der Waals surface area contributed by atoms with Gasteiger partial charge in [0.1, 0.15) is 0 Å². The van der Waals surface area contributed by atoms with Crippen LogP contribution in [0.3, 0.4) is 0 Å². The predicted octanol–water partition coefficient (Wildman–Crippen LogP) is 14.4. The van der Waals surface area contributed by atoms with E-state index in [9.17, 15) is 0 Å². The van der Waals surface area contributed by atoms with Gasteiger partial charge in [0.2, 0.25) is 0 Å². The largest absolute Gasteiger partial charge is 0.396 e. The van der Waals surface area contributed by atoms with Crippen LogP contribution in [0.4, 0.5) is 0 Å². The van der Waals surface area contributed by atoms with Gasteiger partial charge in [0.15, 0.2) is 0 Å². The molecule has 1 fully saturated rings. The van der Waals surface area contributed by atoms with Gasteiger partial charge in [0.25, 0.3) is 0 Å². The molecule has 0 atom stereocenters. The summed E-state index contributed by atoms with van der Waals surface area (Å²) in [6, 6.07) is 13.9. The Morgan fingerprint density at radius 3 is 1.60 bits per heavy atom. The van der Waals surface area contributed by atoms with Gasteiger partial charge in [-0.25, -0.2) is 0 Å². The summed E-state index contributed by atoms with van der Waals surface area (Å²) < 4.78 is 0. The molecule has 47 heavy (non-hydrogen) atoms. The minimum Gasteiger partial charge on any atom is -0.396 e. The molecule has 0 bridgehead atoms. The molecule has 0 spiro atoms. The van der Waals surface area contributed by atoms with E-state index in [-0.39, 0.29) is 0 Å². The molecule has 270 valence electrons. The number of aliphatic hydroxyl groups excluding tert-OH is 1. The van der Waals surface area contributed by atoms with Crippen LogP contribution >= 0.6 is 0 Å². The van der Waals surface area contributed by atoms with Crippen LogP contribution in [0.15, 0.2) is 53.5 Å². The van der Waals surface area contributed by atoms with Crippen molar-refractivity contribution >= 4 is 16.9 Å². The molecule has 2 aromatic carbocycles. The molecule has 1 N–H and O–H groups in total. The Kier molecular flexibility index (Phi) is 32.1. The second-order valence-corrected chi connectivity index (χ2v) is 12.2. The van der Waals surface area contributed by atoms with Gasteiger partial charge in [0.05, 0.1) is 5.71 Å². The first kappa shape index (κ1) is 48.9. The molecule has 0 heterocycles. The second kappa shape index (κ2) is 30.9. The van der Waals surface area contributed by atoms with E-state index in [1.54, 1.807) is 0 Å². The Bertz CT molecular complexity index is 1100. The lowest BCUT2D eigenvalue weighted by atomic mass is 9.82. The number of aliphatic imine (C=N–C) groups is 1. The van der Waals surface area contributed by atoms with Crippen LogP contribution in [0.5, 0.6) is 0 Å². The lowest BCUT2D eigenvalue weighted by molar-refractivity contribution is 0.295. The molecule has 0 aromatic heterocycles. The fourth-order valence-corrected chi connectivity index (χ4v) is 4.91. The highest BCUT2D eigenvalue weighted by molar-refractivity contribution is 6.36. The third kappa shape index (κ3) is 19.2. The molecule has 1 aliphatic rings. The third-order valence-electron chi connectivity index (χ3n) is 7.73. The van der Waals surface area contributed by atoms with E-state index in [2.05, 4.69) is 112 Å². The minimum absolute atomic E-state index is 0.319. The van der Waals surface area contributed by atoms with Gasteiger partial charge < -0.3 is 5.11 Å². The van der Waals surface area contributed by atoms with Gasteiger partial charge in [-0.15, -0.1) is 0 Å². The van der Waals surface area contributed by atoms with E-state index in [0.717, 1.165) is 24.1 Å². The Morgan fingerprint density at radius 2 is 1.30 bits per heavy atom. The summed E-state index contributed by atoms with van der Waals surface area (Å²) in [7, 11) is 1.90. The summed E-state index contributed by atoms with van der Waals surface area (Å²) in [5.74, 6) is 1.11. The molecule has 0 unspecified atom stereocenters.